The third-order valence-corrected chi connectivity index (χ3v) is 2.99. The largest absolute Gasteiger partial charge is 0.393 e. The van der Waals surface area contributed by atoms with Crippen molar-refractivity contribution in [2.24, 2.45) is 0 Å². The molecule has 0 saturated carbocycles. The summed E-state index contributed by atoms with van der Waals surface area (Å²) >= 11 is 1.42. The van der Waals surface area contributed by atoms with Gasteiger partial charge in [0, 0.05) is 6.07 Å². The monoisotopic (exact) mass is 245 g/mol. The SMILES string of the molecule is Nc1ccn(O[C@H]2CS[C@@H](CO)O2)c(=O)n1. The third kappa shape index (κ3) is 2.46. The number of thioether (sulfide) groups is 1. The van der Waals surface area contributed by atoms with Crippen molar-refractivity contribution in [3.05, 3.63) is 22.7 Å². The second-order valence-corrected chi connectivity index (χ2v) is 4.27. The Bertz CT molecular complexity index is 424. The van der Waals surface area contributed by atoms with Gasteiger partial charge >= 0.3 is 5.69 Å². The lowest BCUT2D eigenvalue weighted by atomic mass is 10.6. The molecule has 1 saturated heterocycles. The lowest BCUT2D eigenvalue weighted by Crippen LogP contribution is -2.36. The number of hydrogen-bond donors (Lipinski definition) is 2. The fourth-order valence-electron chi connectivity index (χ4n) is 1.20. The number of aliphatic hydroxyl groups excluding tert-OH is 1. The molecule has 8 heteroatoms. The third-order valence-electron chi connectivity index (χ3n) is 1.90. The summed E-state index contributed by atoms with van der Waals surface area (Å²) in [7, 11) is 0. The fourth-order valence-corrected chi connectivity index (χ4v) is 2.02. The molecule has 1 aliphatic rings. The minimum atomic E-state index is -0.596. The van der Waals surface area contributed by atoms with Crippen molar-refractivity contribution in [3.8, 4) is 0 Å². The first kappa shape index (κ1) is 11.2. The van der Waals surface area contributed by atoms with E-state index in [1.165, 1.54) is 24.0 Å². The average Bonchev–Trinajstić information content (AvgIpc) is 2.70. The number of aliphatic hydroxyl groups is 1. The van der Waals surface area contributed by atoms with E-state index in [1.807, 2.05) is 0 Å². The summed E-state index contributed by atoms with van der Waals surface area (Å²) in [6.45, 7) is -0.0839. The predicted molar refractivity (Wildman–Crippen MR) is 57.7 cm³/mol. The Hall–Kier alpha value is -1.25. The Kier molecular flexibility index (Phi) is 3.32. The summed E-state index contributed by atoms with van der Waals surface area (Å²) in [5.41, 5.74) is 4.43. The van der Waals surface area contributed by atoms with Crippen LogP contribution in [0.15, 0.2) is 17.1 Å². The van der Waals surface area contributed by atoms with E-state index in [0.29, 0.717) is 5.75 Å². The van der Waals surface area contributed by atoms with Crippen LogP contribution in [0.4, 0.5) is 5.82 Å². The predicted octanol–water partition coefficient (Wildman–Crippen LogP) is -1.34. The number of nitrogen functional groups attached to an aromatic ring is 1. The number of nitrogens with zero attached hydrogens (tertiary/aromatic N) is 2. The molecule has 1 aromatic heterocycles. The average molecular weight is 245 g/mol. The summed E-state index contributed by atoms with van der Waals surface area (Å²) in [5, 5.41) is 8.84. The second-order valence-electron chi connectivity index (χ2n) is 3.08. The lowest BCUT2D eigenvalue weighted by molar-refractivity contribution is -0.138. The van der Waals surface area contributed by atoms with E-state index in [-0.39, 0.29) is 17.9 Å². The highest BCUT2D eigenvalue weighted by Gasteiger charge is 2.27. The highest BCUT2D eigenvalue weighted by molar-refractivity contribution is 8.00. The number of rotatable bonds is 3. The molecule has 7 nitrogen and oxygen atoms in total. The molecular formula is C8H11N3O4S. The Balaban J connectivity index is 2.02. The van der Waals surface area contributed by atoms with E-state index in [4.69, 9.17) is 20.4 Å². The molecule has 0 aromatic carbocycles. The maximum Gasteiger partial charge on any atom is 0.382 e. The van der Waals surface area contributed by atoms with Gasteiger partial charge in [-0.3, -0.25) is 0 Å². The molecule has 0 unspecified atom stereocenters. The van der Waals surface area contributed by atoms with Gasteiger partial charge in [-0.15, -0.1) is 16.5 Å². The topological polar surface area (TPSA) is 99.6 Å². The van der Waals surface area contributed by atoms with Gasteiger partial charge in [-0.2, -0.15) is 4.98 Å². The minimum absolute atomic E-state index is 0.0839. The van der Waals surface area contributed by atoms with Crippen molar-refractivity contribution in [3.63, 3.8) is 0 Å². The van der Waals surface area contributed by atoms with Crippen molar-refractivity contribution in [2.75, 3.05) is 18.1 Å². The van der Waals surface area contributed by atoms with Crippen LogP contribution in [-0.4, -0.2) is 38.9 Å². The van der Waals surface area contributed by atoms with Crippen molar-refractivity contribution >= 4 is 17.6 Å². The standard InChI is InChI=1S/C8H11N3O4S/c9-5-1-2-11(8(13)10-5)15-6-4-16-7(3-12)14-6/h1-2,6-7,12H,3-4H2,(H2,9,10,13)/t6-,7-/m0/s1. The van der Waals surface area contributed by atoms with Crippen LogP contribution in [0.5, 0.6) is 0 Å². The highest BCUT2D eigenvalue weighted by atomic mass is 32.2. The Labute approximate surface area is 95.1 Å². The number of aromatic nitrogens is 2. The molecule has 1 aromatic rings. The summed E-state index contributed by atoms with van der Waals surface area (Å²) in [4.78, 5) is 20.0. The van der Waals surface area contributed by atoms with Gasteiger partial charge in [0.2, 0.25) is 6.29 Å². The number of nitrogens with two attached hydrogens (primary N) is 1. The summed E-state index contributed by atoms with van der Waals surface area (Å²) in [5.74, 6) is 0.682. The van der Waals surface area contributed by atoms with Crippen molar-refractivity contribution in [1.29, 1.82) is 0 Å². The van der Waals surface area contributed by atoms with E-state index >= 15 is 0 Å². The zero-order chi connectivity index (χ0) is 11.5. The van der Waals surface area contributed by atoms with Crippen LogP contribution in [0.2, 0.25) is 0 Å². The number of ether oxygens (including phenoxy) is 1. The Morgan fingerprint density at radius 1 is 1.81 bits per heavy atom. The van der Waals surface area contributed by atoms with Crippen LogP contribution >= 0.6 is 11.8 Å². The van der Waals surface area contributed by atoms with Gasteiger partial charge in [0.15, 0.2) is 0 Å². The molecule has 2 rings (SSSR count). The molecule has 2 atom stereocenters. The van der Waals surface area contributed by atoms with Gasteiger partial charge in [-0.05, 0) is 0 Å². The zero-order valence-electron chi connectivity index (χ0n) is 8.28. The van der Waals surface area contributed by atoms with Gasteiger partial charge < -0.3 is 20.4 Å². The maximum absolute atomic E-state index is 11.3. The van der Waals surface area contributed by atoms with E-state index < -0.39 is 12.0 Å². The van der Waals surface area contributed by atoms with Crippen LogP contribution in [-0.2, 0) is 4.74 Å². The van der Waals surface area contributed by atoms with Gasteiger partial charge in [0.25, 0.3) is 0 Å². The first-order chi connectivity index (χ1) is 7.69. The normalized spacial score (nSPS) is 24.6. The molecule has 1 fully saturated rings. The van der Waals surface area contributed by atoms with Crippen LogP contribution in [0.25, 0.3) is 0 Å². The molecule has 88 valence electrons. The van der Waals surface area contributed by atoms with Crippen LogP contribution < -0.4 is 16.3 Å². The Morgan fingerprint density at radius 3 is 3.25 bits per heavy atom. The van der Waals surface area contributed by atoms with Crippen molar-refractivity contribution < 1.29 is 14.7 Å². The van der Waals surface area contributed by atoms with E-state index in [9.17, 15) is 4.79 Å². The molecular weight excluding hydrogens is 234 g/mol. The lowest BCUT2D eigenvalue weighted by Gasteiger charge is -2.13. The van der Waals surface area contributed by atoms with Gasteiger partial charge in [0.1, 0.15) is 11.3 Å². The molecule has 2 heterocycles. The summed E-state index contributed by atoms with van der Waals surface area (Å²) < 4.78 is 6.23. The van der Waals surface area contributed by atoms with E-state index in [2.05, 4.69) is 4.98 Å². The van der Waals surface area contributed by atoms with Crippen molar-refractivity contribution in [1.82, 2.24) is 9.71 Å². The molecule has 0 bridgehead atoms. The van der Waals surface area contributed by atoms with Crippen LogP contribution in [0.3, 0.4) is 0 Å². The quantitative estimate of drug-likeness (QED) is 0.680. The smallest absolute Gasteiger partial charge is 0.382 e. The molecule has 16 heavy (non-hydrogen) atoms. The second kappa shape index (κ2) is 4.73. The van der Waals surface area contributed by atoms with E-state index in [1.54, 1.807) is 0 Å². The molecule has 1 aliphatic heterocycles. The molecule has 0 aliphatic carbocycles. The highest BCUT2D eigenvalue weighted by Crippen LogP contribution is 2.23. The molecule has 3 N–H and O–H groups in total. The Morgan fingerprint density at radius 2 is 2.62 bits per heavy atom. The summed E-state index contributed by atoms with van der Waals surface area (Å²) in [6, 6.07) is 1.45. The molecule has 0 spiro atoms. The zero-order valence-corrected chi connectivity index (χ0v) is 9.09. The number of hydrogen-bond acceptors (Lipinski definition) is 7. The fraction of sp³-hybridized carbons (Fsp3) is 0.500. The van der Waals surface area contributed by atoms with E-state index in [0.717, 1.165) is 4.73 Å². The van der Waals surface area contributed by atoms with Crippen LogP contribution in [0.1, 0.15) is 0 Å². The van der Waals surface area contributed by atoms with Gasteiger partial charge in [-0.25, -0.2) is 4.79 Å². The first-order valence-electron chi connectivity index (χ1n) is 4.59. The molecule has 0 amide bonds. The van der Waals surface area contributed by atoms with Gasteiger partial charge in [0.05, 0.1) is 18.6 Å². The van der Waals surface area contributed by atoms with Crippen molar-refractivity contribution in [2.45, 2.75) is 11.7 Å². The number of anilines is 1. The summed E-state index contributed by atoms with van der Waals surface area (Å²) in [6.07, 6.45) is 0.815. The molecule has 0 radical (unpaired) electrons. The first-order valence-corrected chi connectivity index (χ1v) is 5.64. The minimum Gasteiger partial charge on any atom is -0.393 e. The maximum atomic E-state index is 11.3. The van der Waals surface area contributed by atoms with Gasteiger partial charge in [-0.1, -0.05) is 0 Å². The van der Waals surface area contributed by atoms with Crippen LogP contribution in [0, 0.1) is 0 Å².